The van der Waals surface area contributed by atoms with E-state index in [0.717, 1.165) is 23.1 Å². The van der Waals surface area contributed by atoms with Crippen molar-refractivity contribution in [1.29, 1.82) is 5.26 Å². The van der Waals surface area contributed by atoms with Gasteiger partial charge in [0.2, 0.25) is 0 Å². The van der Waals surface area contributed by atoms with Gasteiger partial charge in [-0.05, 0) is 69.4 Å². The summed E-state index contributed by atoms with van der Waals surface area (Å²) in [5.74, 6) is 0.760. The molecule has 2 aromatic carbocycles. The molecule has 0 saturated carbocycles. The van der Waals surface area contributed by atoms with Gasteiger partial charge >= 0.3 is 6.09 Å². The summed E-state index contributed by atoms with van der Waals surface area (Å²) in [6.45, 7) is 8.62. The molecule has 2 aromatic rings. The number of hydrogen-bond donors (Lipinski definition) is 2. The first kappa shape index (κ1) is 26.3. The van der Waals surface area contributed by atoms with Crippen molar-refractivity contribution in [3.05, 3.63) is 70.8 Å². The summed E-state index contributed by atoms with van der Waals surface area (Å²) in [5.41, 5.74) is 3.85. The number of nitriles is 1. The van der Waals surface area contributed by atoms with E-state index < -0.39 is 18.0 Å². The molecule has 0 spiro atoms. The minimum absolute atomic E-state index is 0.0705. The summed E-state index contributed by atoms with van der Waals surface area (Å²) in [6, 6.07) is 15.8. The van der Waals surface area contributed by atoms with Gasteiger partial charge in [0.25, 0.3) is 0 Å². The summed E-state index contributed by atoms with van der Waals surface area (Å²) in [6.07, 6.45) is 2.02. The number of benzene rings is 2. The van der Waals surface area contributed by atoms with Crippen LogP contribution in [0.4, 0.5) is 4.79 Å². The molecule has 1 amide bonds. The van der Waals surface area contributed by atoms with Crippen LogP contribution in [0.5, 0.6) is 5.75 Å². The van der Waals surface area contributed by atoms with E-state index in [1.165, 1.54) is 0 Å². The van der Waals surface area contributed by atoms with E-state index in [4.69, 9.17) is 14.2 Å². The molecule has 0 fully saturated rings. The van der Waals surface area contributed by atoms with Gasteiger partial charge in [-0.2, -0.15) is 5.26 Å². The number of nitrogens with zero attached hydrogens (tertiary/aromatic N) is 1. The minimum atomic E-state index is -0.933. The SMILES string of the molecule is CCOC(O)c1ccc(C2C=C(C#N)c3cc(OCCCNC(=O)OC(C)(C)C)ccc3C2)cc1. The number of rotatable bonds is 9. The predicted molar refractivity (Wildman–Crippen MR) is 134 cm³/mol. The van der Waals surface area contributed by atoms with E-state index in [0.29, 0.717) is 43.1 Å². The van der Waals surface area contributed by atoms with E-state index in [1.807, 2.05) is 76.2 Å². The average Bonchev–Trinajstić information content (AvgIpc) is 2.82. The van der Waals surface area contributed by atoms with E-state index in [9.17, 15) is 15.2 Å². The minimum Gasteiger partial charge on any atom is -0.494 e. The number of aliphatic hydroxyl groups is 1. The molecule has 2 N–H and O–H groups in total. The summed E-state index contributed by atoms with van der Waals surface area (Å²) >= 11 is 0. The van der Waals surface area contributed by atoms with Gasteiger partial charge < -0.3 is 24.6 Å². The standard InChI is InChI=1S/C28H34N2O5/c1-5-33-26(31)20-9-7-19(8-10-20)22-15-21-11-12-24(17-25(21)23(16-22)18-29)34-14-6-13-30-27(32)35-28(2,3)4/h7-12,16-17,22,26,31H,5-6,13-15H2,1-4H3,(H,30,32). The quantitative estimate of drug-likeness (QED) is 0.377. The molecule has 1 aliphatic carbocycles. The fraction of sp³-hybridized carbons (Fsp3) is 0.429. The van der Waals surface area contributed by atoms with Crippen molar-refractivity contribution in [2.75, 3.05) is 19.8 Å². The summed E-state index contributed by atoms with van der Waals surface area (Å²) in [5, 5.41) is 22.5. The molecule has 0 saturated heterocycles. The molecule has 2 atom stereocenters. The number of amides is 1. The van der Waals surface area contributed by atoms with Crippen LogP contribution in [0.25, 0.3) is 5.57 Å². The zero-order chi connectivity index (χ0) is 25.4. The molecule has 0 heterocycles. The van der Waals surface area contributed by atoms with Crippen LogP contribution >= 0.6 is 0 Å². The van der Waals surface area contributed by atoms with Crippen molar-refractivity contribution in [3.8, 4) is 11.8 Å². The number of ether oxygens (including phenoxy) is 3. The summed E-state index contributed by atoms with van der Waals surface area (Å²) in [4.78, 5) is 11.7. The number of hydrogen-bond acceptors (Lipinski definition) is 6. The Morgan fingerprint density at radius 1 is 1.23 bits per heavy atom. The zero-order valence-electron chi connectivity index (χ0n) is 20.8. The normalized spacial score (nSPS) is 15.9. The molecule has 1 aliphatic rings. The van der Waals surface area contributed by atoms with Crippen molar-refractivity contribution < 1.29 is 24.1 Å². The van der Waals surface area contributed by atoms with E-state index in [-0.39, 0.29) is 5.92 Å². The third-order valence-electron chi connectivity index (χ3n) is 5.53. The maximum absolute atomic E-state index is 11.7. The first-order chi connectivity index (χ1) is 16.7. The van der Waals surface area contributed by atoms with Crippen molar-refractivity contribution >= 4 is 11.7 Å². The number of fused-ring (bicyclic) bond motifs is 1. The second-order valence-corrected chi connectivity index (χ2v) is 9.43. The second-order valence-electron chi connectivity index (χ2n) is 9.43. The Bertz CT molecular complexity index is 1080. The Hall–Kier alpha value is -3.34. The third-order valence-corrected chi connectivity index (χ3v) is 5.53. The van der Waals surface area contributed by atoms with E-state index >= 15 is 0 Å². The molecule has 0 aliphatic heterocycles. The molecule has 0 aromatic heterocycles. The Morgan fingerprint density at radius 2 is 1.97 bits per heavy atom. The average molecular weight is 479 g/mol. The van der Waals surface area contributed by atoms with Gasteiger partial charge in [-0.3, -0.25) is 0 Å². The lowest BCUT2D eigenvalue weighted by Gasteiger charge is -2.23. The maximum atomic E-state index is 11.7. The van der Waals surface area contributed by atoms with Gasteiger partial charge in [0, 0.05) is 24.6 Å². The van der Waals surface area contributed by atoms with Crippen molar-refractivity contribution in [1.82, 2.24) is 5.32 Å². The van der Waals surface area contributed by atoms with Gasteiger partial charge in [0.15, 0.2) is 6.29 Å². The number of nitrogens with one attached hydrogen (secondary N) is 1. The molecular weight excluding hydrogens is 444 g/mol. The first-order valence-corrected chi connectivity index (χ1v) is 11.9. The molecule has 7 heteroatoms. The lowest BCUT2D eigenvalue weighted by Crippen LogP contribution is -2.33. The molecule has 35 heavy (non-hydrogen) atoms. The van der Waals surface area contributed by atoms with Gasteiger partial charge in [-0.15, -0.1) is 0 Å². The summed E-state index contributed by atoms with van der Waals surface area (Å²) in [7, 11) is 0. The Labute approximate surface area is 207 Å². The van der Waals surface area contributed by atoms with Crippen molar-refractivity contribution in [2.45, 2.75) is 58.3 Å². The van der Waals surface area contributed by atoms with Crippen LogP contribution in [-0.2, 0) is 15.9 Å². The number of allylic oxidation sites excluding steroid dienone is 2. The molecular formula is C28H34N2O5. The fourth-order valence-corrected chi connectivity index (χ4v) is 3.90. The lowest BCUT2D eigenvalue weighted by molar-refractivity contribution is -0.0979. The van der Waals surface area contributed by atoms with Crippen LogP contribution in [0.15, 0.2) is 48.5 Å². The van der Waals surface area contributed by atoms with Gasteiger partial charge in [-0.25, -0.2) is 4.79 Å². The molecule has 7 nitrogen and oxygen atoms in total. The number of aliphatic hydroxyl groups excluding tert-OH is 1. The smallest absolute Gasteiger partial charge is 0.407 e. The molecule has 2 unspecified atom stereocenters. The van der Waals surface area contributed by atoms with E-state index in [2.05, 4.69) is 11.4 Å². The van der Waals surface area contributed by atoms with Gasteiger partial charge in [-0.1, -0.05) is 36.4 Å². The van der Waals surface area contributed by atoms with E-state index in [1.54, 1.807) is 0 Å². The second kappa shape index (κ2) is 11.9. The number of carbonyl (C=O) groups excluding carboxylic acids is 1. The number of alkyl carbamates (subject to hydrolysis) is 1. The lowest BCUT2D eigenvalue weighted by atomic mass is 9.81. The van der Waals surface area contributed by atoms with Gasteiger partial charge in [0.1, 0.15) is 11.4 Å². The summed E-state index contributed by atoms with van der Waals surface area (Å²) < 4.78 is 16.3. The van der Waals surface area contributed by atoms with Crippen molar-refractivity contribution in [3.63, 3.8) is 0 Å². The molecule has 0 radical (unpaired) electrons. The molecule has 186 valence electrons. The highest BCUT2D eigenvalue weighted by Gasteiger charge is 2.22. The molecule has 0 bridgehead atoms. The highest BCUT2D eigenvalue weighted by Crippen LogP contribution is 2.36. The molecule has 3 rings (SSSR count). The van der Waals surface area contributed by atoms with Crippen LogP contribution in [0.1, 0.15) is 68.6 Å². The van der Waals surface area contributed by atoms with Crippen LogP contribution in [0.2, 0.25) is 0 Å². The Morgan fingerprint density at radius 3 is 2.63 bits per heavy atom. The Balaban J connectivity index is 1.59. The zero-order valence-corrected chi connectivity index (χ0v) is 20.8. The fourth-order valence-electron chi connectivity index (χ4n) is 3.90. The van der Waals surface area contributed by atoms with Crippen LogP contribution in [0.3, 0.4) is 0 Å². The maximum Gasteiger partial charge on any atom is 0.407 e. The largest absolute Gasteiger partial charge is 0.494 e. The topological polar surface area (TPSA) is 101 Å². The third kappa shape index (κ3) is 7.57. The van der Waals surface area contributed by atoms with Crippen LogP contribution in [0, 0.1) is 11.3 Å². The van der Waals surface area contributed by atoms with Gasteiger partial charge in [0.05, 0.1) is 18.2 Å². The van der Waals surface area contributed by atoms with Crippen LogP contribution < -0.4 is 10.1 Å². The monoisotopic (exact) mass is 478 g/mol. The highest BCUT2D eigenvalue weighted by atomic mass is 16.6. The predicted octanol–water partition coefficient (Wildman–Crippen LogP) is 5.25. The Kier molecular flexibility index (Phi) is 8.91. The van der Waals surface area contributed by atoms with Crippen LogP contribution in [-0.4, -0.2) is 36.6 Å². The highest BCUT2D eigenvalue weighted by molar-refractivity contribution is 5.81. The first-order valence-electron chi connectivity index (χ1n) is 11.9. The number of carbonyl (C=O) groups is 1. The van der Waals surface area contributed by atoms with Crippen molar-refractivity contribution in [2.24, 2.45) is 0 Å².